The molecule has 0 amide bonds. The van der Waals surface area contributed by atoms with E-state index in [4.69, 9.17) is 9.47 Å². The van der Waals surface area contributed by atoms with Crippen LogP contribution in [0, 0.1) is 20.2 Å². The molecule has 0 aromatic heterocycles. The number of nitro groups is 2. The highest BCUT2D eigenvalue weighted by atomic mass is 16.6. The lowest BCUT2D eigenvalue weighted by molar-refractivity contribution is -0.423. The molecule has 2 aromatic rings. The minimum absolute atomic E-state index is 0.201. The maximum atomic E-state index is 11.7. The zero-order chi connectivity index (χ0) is 22.3. The summed E-state index contributed by atoms with van der Waals surface area (Å²) < 4.78 is 10.2. The maximum Gasteiger partial charge on any atom is 0.273 e. The smallest absolute Gasteiger partial charge is 0.273 e. The van der Waals surface area contributed by atoms with Gasteiger partial charge < -0.3 is 9.47 Å². The topological polar surface area (TPSA) is 105 Å². The zero-order valence-corrected chi connectivity index (χ0v) is 17.1. The predicted octanol–water partition coefficient (Wildman–Crippen LogP) is 4.98. The largest absolute Gasteiger partial charge is 0.497 e. The minimum Gasteiger partial charge on any atom is -0.497 e. The van der Waals surface area contributed by atoms with Crippen LogP contribution in [0.25, 0.3) is 12.2 Å². The van der Waals surface area contributed by atoms with Gasteiger partial charge in [0.15, 0.2) is 0 Å². The molecule has 8 nitrogen and oxygen atoms in total. The molecule has 2 rings (SSSR count). The maximum absolute atomic E-state index is 11.7. The Hall–Kier alpha value is -3.94. The summed E-state index contributed by atoms with van der Waals surface area (Å²) in [7, 11) is 3.05. The predicted molar refractivity (Wildman–Crippen MR) is 114 cm³/mol. The third-order valence-corrected chi connectivity index (χ3v) is 4.56. The third-order valence-electron chi connectivity index (χ3n) is 4.56. The van der Waals surface area contributed by atoms with E-state index in [2.05, 4.69) is 0 Å². The van der Waals surface area contributed by atoms with Crippen molar-refractivity contribution < 1.29 is 19.3 Å². The van der Waals surface area contributed by atoms with Crippen molar-refractivity contribution in [3.05, 3.63) is 102 Å². The van der Waals surface area contributed by atoms with Crippen molar-refractivity contribution in [1.29, 1.82) is 0 Å². The van der Waals surface area contributed by atoms with Crippen LogP contribution in [0.5, 0.6) is 11.5 Å². The summed E-state index contributed by atoms with van der Waals surface area (Å²) >= 11 is 0. The van der Waals surface area contributed by atoms with Gasteiger partial charge in [-0.2, -0.15) is 0 Å². The first-order valence-corrected chi connectivity index (χ1v) is 8.95. The van der Waals surface area contributed by atoms with Crippen LogP contribution in [-0.2, 0) is 0 Å². The Bertz CT molecular complexity index is 935. The van der Waals surface area contributed by atoms with Gasteiger partial charge in [-0.25, -0.2) is 0 Å². The van der Waals surface area contributed by atoms with Gasteiger partial charge in [0.2, 0.25) is 0 Å². The first-order chi connectivity index (χ1) is 14.3. The number of hydrogen-bond donors (Lipinski definition) is 0. The molecule has 0 saturated carbocycles. The molecule has 8 heteroatoms. The molecule has 0 aliphatic carbocycles. The van der Waals surface area contributed by atoms with Crippen molar-refractivity contribution in [2.24, 2.45) is 0 Å². The second kappa shape index (κ2) is 10.0. The fraction of sp³-hybridized carbons (Fsp3) is 0.182. The Balaban J connectivity index is 2.51. The summed E-state index contributed by atoms with van der Waals surface area (Å²) in [5, 5.41) is 23.3. The van der Waals surface area contributed by atoms with E-state index in [1.165, 1.54) is 40.2 Å². The number of ether oxygens (including phenoxy) is 2. The highest BCUT2D eigenvalue weighted by molar-refractivity contribution is 5.61. The van der Waals surface area contributed by atoms with Crippen LogP contribution in [-0.4, -0.2) is 24.1 Å². The van der Waals surface area contributed by atoms with Gasteiger partial charge in [-0.05, 0) is 49.2 Å². The Labute approximate surface area is 174 Å². The van der Waals surface area contributed by atoms with Gasteiger partial charge in [-0.15, -0.1) is 0 Å². The van der Waals surface area contributed by atoms with Gasteiger partial charge in [-0.3, -0.25) is 20.2 Å². The molecular weight excluding hydrogens is 388 g/mol. The van der Waals surface area contributed by atoms with Gasteiger partial charge >= 0.3 is 0 Å². The number of allylic oxidation sites excluding steroid dienone is 2. The fourth-order valence-electron chi connectivity index (χ4n) is 2.70. The molecule has 0 atom stereocenters. The van der Waals surface area contributed by atoms with E-state index in [-0.39, 0.29) is 22.5 Å². The fourth-order valence-corrected chi connectivity index (χ4v) is 2.70. The van der Waals surface area contributed by atoms with Crippen LogP contribution in [0.1, 0.15) is 25.0 Å². The lowest BCUT2D eigenvalue weighted by atomic mass is 10.0. The summed E-state index contributed by atoms with van der Waals surface area (Å²) in [5.74, 6) is 1.24. The second-order valence-electron chi connectivity index (χ2n) is 6.37. The van der Waals surface area contributed by atoms with Crippen molar-refractivity contribution in [2.45, 2.75) is 13.8 Å². The molecule has 0 bridgehead atoms. The molecule has 0 fully saturated rings. The molecule has 0 heterocycles. The second-order valence-corrected chi connectivity index (χ2v) is 6.37. The number of methoxy groups -OCH3 is 2. The van der Waals surface area contributed by atoms with Crippen molar-refractivity contribution in [3.63, 3.8) is 0 Å². The normalized spacial score (nSPS) is 12.8. The van der Waals surface area contributed by atoms with Crippen LogP contribution in [0.4, 0.5) is 0 Å². The van der Waals surface area contributed by atoms with Crippen molar-refractivity contribution in [2.75, 3.05) is 14.2 Å². The molecule has 0 radical (unpaired) electrons. The van der Waals surface area contributed by atoms with E-state index >= 15 is 0 Å². The molecule has 30 heavy (non-hydrogen) atoms. The highest BCUT2D eigenvalue weighted by Gasteiger charge is 2.23. The Morgan fingerprint density at radius 1 is 0.700 bits per heavy atom. The number of hydrogen-bond acceptors (Lipinski definition) is 6. The van der Waals surface area contributed by atoms with Gasteiger partial charge in [0.05, 0.1) is 24.1 Å². The molecular formula is C22H22N2O6. The lowest BCUT2D eigenvalue weighted by Gasteiger charge is -2.06. The van der Waals surface area contributed by atoms with Crippen molar-refractivity contribution >= 4 is 12.2 Å². The van der Waals surface area contributed by atoms with Crippen LogP contribution in [0.15, 0.2) is 71.1 Å². The molecule has 0 spiro atoms. The average Bonchev–Trinajstić information content (AvgIpc) is 2.75. The standard InChI is InChI=1S/C22H22N2O6/c1-15(21(23(25)26)13-17-5-9-19(29-3)10-6-17)16(2)22(24(27)28)14-18-7-11-20(30-4)12-8-18/h5-14H,1-4H3/b16-15+,21-13-,22-14+. The Morgan fingerprint density at radius 2 is 1.00 bits per heavy atom. The summed E-state index contributed by atoms with van der Waals surface area (Å²) in [6.07, 6.45) is 2.76. The lowest BCUT2D eigenvalue weighted by Crippen LogP contribution is -2.07. The van der Waals surface area contributed by atoms with E-state index < -0.39 is 9.85 Å². The van der Waals surface area contributed by atoms with Crippen LogP contribution in [0.3, 0.4) is 0 Å². The summed E-state index contributed by atoms with van der Waals surface area (Å²) in [6, 6.07) is 13.4. The minimum atomic E-state index is -0.548. The van der Waals surface area contributed by atoms with E-state index in [0.717, 1.165) is 0 Å². The van der Waals surface area contributed by atoms with Gasteiger partial charge in [0.1, 0.15) is 11.5 Å². The number of rotatable bonds is 8. The molecule has 2 aromatic carbocycles. The Kier molecular flexibility index (Phi) is 7.46. The van der Waals surface area contributed by atoms with E-state index in [0.29, 0.717) is 22.6 Å². The van der Waals surface area contributed by atoms with Crippen molar-refractivity contribution in [3.8, 4) is 11.5 Å². The summed E-state index contributed by atoms with van der Waals surface area (Å²) in [6.45, 7) is 3.00. The number of benzene rings is 2. The molecule has 0 aliphatic rings. The zero-order valence-electron chi connectivity index (χ0n) is 17.1. The quantitative estimate of drug-likeness (QED) is 0.345. The molecule has 0 saturated heterocycles. The third kappa shape index (κ3) is 5.54. The highest BCUT2D eigenvalue weighted by Crippen LogP contribution is 2.26. The molecule has 0 aliphatic heterocycles. The SMILES string of the molecule is COc1ccc(/C=C(/C(C)=C(C)/C(=C\c2ccc(OC)cc2)[N+](=O)[O-])[N+](=O)[O-])cc1. The summed E-state index contributed by atoms with van der Waals surface area (Å²) in [4.78, 5) is 22.2. The summed E-state index contributed by atoms with van der Waals surface area (Å²) in [5.41, 5.74) is 1.12. The monoisotopic (exact) mass is 410 g/mol. The first kappa shape index (κ1) is 22.4. The number of nitrogens with zero attached hydrogens (tertiary/aromatic N) is 2. The van der Waals surface area contributed by atoms with E-state index in [9.17, 15) is 20.2 Å². The van der Waals surface area contributed by atoms with Crippen LogP contribution in [0.2, 0.25) is 0 Å². The molecule has 0 N–H and O–H groups in total. The Morgan fingerprint density at radius 3 is 1.23 bits per heavy atom. The molecule has 156 valence electrons. The average molecular weight is 410 g/mol. The van der Waals surface area contributed by atoms with Crippen LogP contribution < -0.4 is 9.47 Å². The molecule has 0 unspecified atom stereocenters. The van der Waals surface area contributed by atoms with Gasteiger partial charge in [0.25, 0.3) is 11.4 Å². The first-order valence-electron chi connectivity index (χ1n) is 8.95. The van der Waals surface area contributed by atoms with E-state index in [1.54, 1.807) is 48.5 Å². The van der Waals surface area contributed by atoms with E-state index in [1.807, 2.05) is 0 Å². The van der Waals surface area contributed by atoms with Gasteiger partial charge in [0, 0.05) is 23.3 Å². The van der Waals surface area contributed by atoms with Gasteiger partial charge in [-0.1, -0.05) is 24.3 Å². The van der Waals surface area contributed by atoms with Crippen molar-refractivity contribution in [1.82, 2.24) is 0 Å². The van der Waals surface area contributed by atoms with Crippen LogP contribution >= 0.6 is 0 Å².